The van der Waals surface area contributed by atoms with E-state index in [9.17, 15) is 4.79 Å². The molecule has 1 amide bonds. The van der Waals surface area contributed by atoms with Crippen molar-refractivity contribution in [2.75, 3.05) is 13.6 Å². The number of carbonyl (C=O) groups excluding carboxylic acids is 1. The van der Waals surface area contributed by atoms with Crippen LogP contribution in [0.4, 0.5) is 0 Å². The molecule has 2 aliphatic rings. The largest absolute Gasteiger partial charge is 0.334 e. The standard InChI is InChI=1S/C14H20N2OS/c1-15-11-4-3-8-16(14(11)17)12-5-2-6-13-10(12)7-9-18-13/h7,9,11-12,15H,2-6,8H2,1H3. The number of piperidine rings is 1. The average Bonchev–Trinajstić information content (AvgIpc) is 2.87. The van der Waals surface area contributed by atoms with Crippen LogP contribution in [0.5, 0.6) is 0 Å². The quantitative estimate of drug-likeness (QED) is 0.889. The predicted octanol–water partition coefficient (Wildman–Crippen LogP) is 2.34. The van der Waals surface area contributed by atoms with Gasteiger partial charge in [-0.05, 0) is 56.2 Å². The molecule has 0 saturated carbocycles. The molecule has 1 N–H and O–H groups in total. The number of fused-ring (bicyclic) bond motifs is 1. The Balaban J connectivity index is 1.85. The van der Waals surface area contributed by atoms with E-state index >= 15 is 0 Å². The van der Waals surface area contributed by atoms with Gasteiger partial charge in [-0.2, -0.15) is 0 Å². The van der Waals surface area contributed by atoms with Gasteiger partial charge in [-0.3, -0.25) is 4.79 Å². The van der Waals surface area contributed by atoms with Crippen molar-refractivity contribution in [3.05, 3.63) is 21.9 Å². The van der Waals surface area contributed by atoms with Crippen molar-refractivity contribution >= 4 is 17.2 Å². The highest BCUT2D eigenvalue weighted by Gasteiger charge is 2.35. The third-order valence-electron chi connectivity index (χ3n) is 4.22. The summed E-state index contributed by atoms with van der Waals surface area (Å²) in [7, 11) is 1.89. The van der Waals surface area contributed by atoms with Gasteiger partial charge in [-0.15, -0.1) is 11.3 Å². The normalized spacial score (nSPS) is 28.3. The Hall–Kier alpha value is -0.870. The summed E-state index contributed by atoms with van der Waals surface area (Å²) in [4.78, 5) is 16.1. The van der Waals surface area contributed by atoms with Crippen molar-refractivity contribution in [1.29, 1.82) is 0 Å². The highest BCUT2D eigenvalue weighted by molar-refractivity contribution is 7.10. The first-order chi connectivity index (χ1) is 8.81. The smallest absolute Gasteiger partial charge is 0.240 e. The molecule has 3 nitrogen and oxygen atoms in total. The number of aryl methyl sites for hydroxylation is 1. The summed E-state index contributed by atoms with van der Waals surface area (Å²) >= 11 is 1.85. The number of carbonyl (C=O) groups is 1. The molecule has 1 aromatic rings. The fraction of sp³-hybridized carbons (Fsp3) is 0.643. The first-order valence-corrected chi connectivity index (χ1v) is 7.73. The zero-order valence-electron chi connectivity index (χ0n) is 10.8. The van der Waals surface area contributed by atoms with Gasteiger partial charge in [0.05, 0.1) is 12.1 Å². The molecule has 1 saturated heterocycles. The van der Waals surface area contributed by atoms with E-state index in [1.807, 2.05) is 18.4 Å². The minimum Gasteiger partial charge on any atom is -0.334 e. The van der Waals surface area contributed by atoms with E-state index in [-0.39, 0.29) is 6.04 Å². The minimum absolute atomic E-state index is 0.0303. The van der Waals surface area contributed by atoms with E-state index in [0.29, 0.717) is 11.9 Å². The van der Waals surface area contributed by atoms with Gasteiger partial charge < -0.3 is 10.2 Å². The summed E-state index contributed by atoms with van der Waals surface area (Å²) in [6, 6.07) is 2.59. The Morgan fingerprint density at radius 2 is 2.28 bits per heavy atom. The molecular weight excluding hydrogens is 244 g/mol. The number of likely N-dealkylation sites (N-methyl/N-ethyl adjacent to an activating group) is 1. The molecule has 0 spiro atoms. The van der Waals surface area contributed by atoms with Crippen molar-refractivity contribution in [2.45, 2.75) is 44.2 Å². The molecule has 1 aliphatic heterocycles. The van der Waals surface area contributed by atoms with E-state index in [4.69, 9.17) is 0 Å². The van der Waals surface area contributed by atoms with Gasteiger partial charge in [-0.25, -0.2) is 0 Å². The van der Waals surface area contributed by atoms with Crippen LogP contribution in [-0.4, -0.2) is 30.4 Å². The van der Waals surface area contributed by atoms with Crippen LogP contribution in [-0.2, 0) is 11.2 Å². The molecule has 0 bridgehead atoms. The molecule has 0 radical (unpaired) electrons. The Kier molecular flexibility index (Phi) is 3.39. The molecule has 1 aromatic heterocycles. The molecule has 3 rings (SSSR count). The fourth-order valence-electron chi connectivity index (χ4n) is 3.26. The number of thiophene rings is 1. The predicted molar refractivity (Wildman–Crippen MR) is 73.8 cm³/mol. The fourth-order valence-corrected chi connectivity index (χ4v) is 4.24. The Morgan fingerprint density at radius 3 is 3.11 bits per heavy atom. The van der Waals surface area contributed by atoms with Crippen LogP contribution < -0.4 is 5.32 Å². The molecule has 98 valence electrons. The molecule has 1 fully saturated rings. The van der Waals surface area contributed by atoms with Crippen LogP contribution in [0, 0.1) is 0 Å². The van der Waals surface area contributed by atoms with Crippen molar-refractivity contribution in [3.63, 3.8) is 0 Å². The summed E-state index contributed by atoms with van der Waals surface area (Å²) in [6.45, 7) is 0.928. The summed E-state index contributed by atoms with van der Waals surface area (Å²) in [6.07, 6.45) is 5.64. The number of nitrogens with one attached hydrogen (secondary N) is 1. The SMILES string of the molecule is CNC1CCCN(C2CCCc3sccc32)C1=O. The number of hydrogen-bond donors (Lipinski definition) is 1. The number of amides is 1. The van der Waals surface area contributed by atoms with Crippen molar-refractivity contribution < 1.29 is 4.79 Å². The third kappa shape index (κ3) is 1.97. The maximum Gasteiger partial charge on any atom is 0.240 e. The van der Waals surface area contributed by atoms with Crippen molar-refractivity contribution in [1.82, 2.24) is 10.2 Å². The van der Waals surface area contributed by atoms with Crippen LogP contribution in [0.25, 0.3) is 0 Å². The van der Waals surface area contributed by atoms with Gasteiger partial charge in [0.25, 0.3) is 0 Å². The summed E-state index contributed by atoms with van der Waals surface area (Å²) < 4.78 is 0. The highest BCUT2D eigenvalue weighted by atomic mass is 32.1. The van der Waals surface area contributed by atoms with Crippen LogP contribution in [0.15, 0.2) is 11.4 Å². The summed E-state index contributed by atoms with van der Waals surface area (Å²) in [5.74, 6) is 0.299. The van der Waals surface area contributed by atoms with Crippen LogP contribution in [0.1, 0.15) is 42.2 Å². The number of rotatable bonds is 2. The zero-order valence-corrected chi connectivity index (χ0v) is 11.6. The second kappa shape index (κ2) is 5.02. The Labute approximate surface area is 112 Å². The first kappa shape index (κ1) is 12.2. The third-order valence-corrected chi connectivity index (χ3v) is 5.21. The van der Waals surface area contributed by atoms with Crippen molar-refractivity contribution in [2.24, 2.45) is 0 Å². The minimum atomic E-state index is 0.0303. The molecule has 2 unspecified atom stereocenters. The van der Waals surface area contributed by atoms with E-state index < -0.39 is 0 Å². The molecule has 0 aromatic carbocycles. The Bertz CT molecular complexity index is 443. The van der Waals surface area contributed by atoms with Gasteiger partial charge in [0, 0.05) is 11.4 Å². The van der Waals surface area contributed by atoms with Gasteiger partial charge in [0.2, 0.25) is 5.91 Å². The maximum atomic E-state index is 12.5. The topological polar surface area (TPSA) is 32.3 Å². The monoisotopic (exact) mass is 264 g/mol. The Morgan fingerprint density at radius 1 is 1.39 bits per heavy atom. The van der Waals surface area contributed by atoms with Gasteiger partial charge in [0.1, 0.15) is 0 Å². The molecule has 2 atom stereocenters. The van der Waals surface area contributed by atoms with E-state index in [1.54, 1.807) is 0 Å². The second-order valence-electron chi connectivity index (χ2n) is 5.22. The molecule has 2 heterocycles. The van der Waals surface area contributed by atoms with Crippen LogP contribution >= 0.6 is 11.3 Å². The van der Waals surface area contributed by atoms with E-state index in [2.05, 4.69) is 21.7 Å². The van der Waals surface area contributed by atoms with E-state index in [1.165, 1.54) is 23.3 Å². The number of hydrogen-bond acceptors (Lipinski definition) is 3. The summed E-state index contributed by atoms with van der Waals surface area (Å²) in [5, 5.41) is 5.33. The number of likely N-dealkylation sites (tertiary alicyclic amines) is 1. The van der Waals surface area contributed by atoms with E-state index in [0.717, 1.165) is 25.8 Å². The van der Waals surface area contributed by atoms with Gasteiger partial charge in [-0.1, -0.05) is 0 Å². The molecular formula is C14H20N2OS. The van der Waals surface area contributed by atoms with Crippen molar-refractivity contribution in [3.8, 4) is 0 Å². The lowest BCUT2D eigenvalue weighted by atomic mass is 9.90. The lowest BCUT2D eigenvalue weighted by Crippen LogP contribution is -2.51. The maximum absolute atomic E-state index is 12.5. The van der Waals surface area contributed by atoms with Crippen LogP contribution in [0.2, 0.25) is 0 Å². The van der Waals surface area contributed by atoms with Gasteiger partial charge in [0.15, 0.2) is 0 Å². The second-order valence-corrected chi connectivity index (χ2v) is 6.22. The van der Waals surface area contributed by atoms with Gasteiger partial charge >= 0.3 is 0 Å². The lowest BCUT2D eigenvalue weighted by molar-refractivity contribution is -0.138. The summed E-state index contributed by atoms with van der Waals surface area (Å²) in [5.41, 5.74) is 1.41. The number of nitrogens with zero attached hydrogens (tertiary/aromatic N) is 1. The molecule has 4 heteroatoms. The highest BCUT2D eigenvalue weighted by Crippen LogP contribution is 2.38. The van der Waals surface area contributed by atoms with Crippen LogP contribution in [0.3, 0.4) is 0 Å². The lowest BCUT2D eigenvalue weighted by Gasteiger charge is -2.39. The first-order valence-electron chi connectivity index (χ1n) is 6.85. The zero-order chi connectivity index (χ0) is 12.5. The average molecular weight is 264 g/mol. The molecule has 1 aliphatic carbocycles. The molecule has 18 heavy (non-hydrogen) atoms.